The third-order valence-electron chi connectivity index (χ3n) is 6.40. The molecule has 0 radical (unpaired) electrons. The molecule has 2 aromatic carbocycles. The topological polar surface area (TPSA) is 106 Å². The summed E-state index contributed by atoms with van der Waals surface area (Å²) >= 11 is 0. The molecule has 3 N–H and O–H groups in total. The molecule has 5 rings (SSSR count). The lowest BCUT2D eigenvalue weighted by molar-refractivity contribution is -0.125. The van der Waals surface area contributed by atoms with Gasteiger partial charge >= 0.3 is 0 Å². The quantitative estimate of drug-likeness (QED) is 0.342. The standard InChI is InChI=1S/C25H23BFN5O3/c1-2-20(33)31-11-10-14(12-31)17-13-32(23-21(17)25(34)30-29-24(23)28)15-6-8-16(9-7-15)35-19-5-3-4-18(26)22(19)27/h2-9,13-14H,1,10-12,26H2,(H2,28,29)(H,30,34)/t14-/m1/s1. The van der Waals surface area contributed by atoms with Crippen molar-refractivity contribution in [2.24, 2.45) is 0 Å². The minimum Gasteiger partial charge on any atom is -0.454 e. The van der Waals surface area contributed by atoms with Crippen molar-refractivity contribution < 1.29 is 13.9 Å². The van der Waals surface area contributed by atoms with Gasteiger partial charge in [0, 0.05) is 30.9 Å². The molecule has 1 aliphatic rings. The molecule has 1 saturated heterocycles. The van der Waals surface area contributed by atoms with Crippen molar-refractivity contribution >= 4 is 35.9 Å². The Hall–Kier alpha value is -4.34. The molecule has 0 aliphatic carbocycles. The van der Waals surface area contributed by atoms with Crippen LogP contribution in [0.15, 0.2) is 66.1 Å². The van der Waals surface area contributed by atoms with Gasteiger partial charge < -0.3 is 19.9 Å². The van der Waals surface area contributed by atoms with Crippen LogP contribution in [-0.2, 0) is 4.79 Å². The van der Waals surface area contributed by atoms with E-state index < -0.39 is 5.82 Å². The molecule has 10 heteroatoms. The van der Waals surface area contributed by atoms with Crippen LogP contribution < -0.4 is 21.5 Å². The van der Waals surface area contributed by atoms with Gasteiger partial charge in [-0.3, -0.25) is 9.59 Å². The Kier molecular flexibility index (Phi) is 5.64. The number of nitrogens with zero attached hydrogens (tertiary/aromatic N) is 3. The summed E-state index contributed by atoms with van der Waals surface area (Å²) in [5, 5.41) is 6.88. The second-order valence-corrected chi connectivity index (χ2v) is 8.57. The number of amides is 1. The molecule has 2 aromatic heterocycles. The molecule has 1 amide bonds. The third-order valence-corrected chi connectivity index (χ3v) is 6.40. The number of hydrogen-bond donors (Lipinski definition) is 2. The monoisotopic (exact) mass is 471 g/mol. The molecule has 1 fully saturated rings. The number of carbonyl (C=O) groups excluding carboxylic acids is 1. The summed E-state index contributed by atoms with van der Waals surface area (Å²) in [5.74, 6) is 0.227. The van der Waals surface area contributed by atoms with Gasteiger partial charge in [0.2, 0.25) is 5.91 Å². The number of benzene rings is 2. The van der Waals surface area contributed by atoms with Crippen molar-refractivity contribution in [2.75, 3.05) is 18.8 Å². The summed E-state index contributed by atoms with van der Waals surface area (Å²) in [6.45, 7) is 4.63. The zero-order valence-corrected chi connectivity index (χ0v) is 19.1. The molecule has 3 heterocycles. The summed E-state index contributed by atoms with van der Waals surface area (Å²) in [7, 11) is 1.68. The zero-order chi connectivity index (χ0) is 24.7. The second kappa shape index (κ2) is 8.79. The number of aromatic nitrogens is 3. The highest BCUT2D eigenvalue weighted by molar-refractivity contribution is 6.32. The highest BCUT2D eigenvalue weighted by Gasteiger charge is 2.30. The number of H-pyrrole nitrogens is 1. The average Bonchev–Trinajstić information content (AvgIpc) is 3.50. The Morgan fingerprint density at radius 2 is 2.06 bits per heavy atom. The van der Waals surface area contributed by atoms with Crippen LogP contribution in [0, 0.1) is 5.82 Å². The fourth-order valence-corrected chi connectivity index (χ4v) is 4.59. The summed E-state index contributed by atoms with van der Waals surface area (Å²) in [6.07, 6.45) is 3.89. The van der Waals surface area contributed by atoms with Crippen molar-refractivity contribution in [1.82, 2.24) is 19.7 Å². The first-order valence-electron chi connectivity index (χ1n) is 11.2. The van der Waals surface area contributed by atoms with Crippen LogP contribution in [0.4, 0.5) is 10.2 Å². The molecule has 35 heavy (non-hydrogen) atoms. The molecular weight excluding hydrogens is 448 g/mol. The first kappa shape index (κ1) is 22.5. The maximum atomic E-state index is 14.3. The summed E-state index contributed by atoms with van der Waals surface area (Å²) < 4.78 is 21.9. The average molecular weight is 471 g/mol. The van der Waals surface area contributed by atoms with Gasteiger partial charge in [0.05, 0.1) is 5.39 Å². The van der Waals surface area contributed by atoms with Crippen LogP contribution in [0.5, 0.6) is 11.5 Å². The van der Waals surface area contributed by atoms with Crippen molar-refractivity contribution in [1.29, 1.82) is 0 Å². The number of ether oxygens (including phenoxy) is 1. The number of halogens is 1. The van der Waals surface area contributed by atoms with Gasteiger partial charge in [0.15, 0.2) is 17.4 Å². The van der Waals surface area contributed by atoms with Gasteiger partial charge in [-0.1, -0.05) is 24.2 Å². The normalized spacial score (nSPS) is 15.5. The highest BCUT2D eigenvalue weighted by Crippen LogP contribution is 2.35. The molecule has 0 spiro atoms. The zero-order valence-electron chi connectivity index (χ0n) is 19.1. The second-order valence-electron chi connectivity index (χ2n) is 8.57. The van der Waals surface area contributed by atoms with E-state index in [0.29, 0.717) is 35.2 Å². The molecule has 0 saturated carbocycles. The number of nitrogens with two attached hydrogens (primary N) is 1. The van der Waals surface area contributed by atoms with Gasteiger partial charge in [-0.25, -0.2) is 9.49 Å². The van der Waals surface area contributed by atoms with Gasteiger partial charge in [-0.15, -0.1) is 0 Å². The largest absolute Gasteiger partial charge is 0.454 e. The van der Waals surface area contributed by atoms with E-state index in [1.54, 1.807) is 55.2 Å². The van der Waals surface area contributed by atoms with Crippen LogP contribution in [-0.4, -0.2) is 46.5 Å². The number of aromatic amines is 1. The third kappa shape index (κ3) is 3.97. The SMILES string of the molecule is Bc1cccc(Oc2ccc(-n3cc([C@@H]4CCN(C(=O)C=C)C4)c4c(=O)[nH]nc(N)c43)cc2)c1F. The Labute approximate surface area is 201 Å². The van der Waals surface area contributed by atoms with E-state index in [0.717, 1.165) is 17.7 Å². The van der Waals surface area contributed by atoms with Crippen LogP contribution in [0.2, 0.25) is 0 Å². The van der Waals surface area contributed by atoms with Crippen LogP contribution in [0.3, 0.4) is 0 Å². The van der Waals surface area contributed by atoms with Gasteiger partial charge in [-0.05, 0) is 48.4 Å². The molecule has 8 nitrogen and oxygen atoms in total. The lowest BCUT2D eigenvalue weighted by Gasteiger charge is -2.13. The van der Waals surface area contributed by atoms with E-state index in [2.05, 4.69) is 16.8 Å². The fraction of sp³-hybridized carbons (Fsp3) is 0.160. The Morgan fingerprint density at radius 3 is 2.80 bits per heavy atom. The van der Waals surface area contributed by atoms with Crippen molar-refractivity contribution in [3.8, 4) is 17.2 Å². The maximum Gasteiger partial charge on any atom is 0.274 e. The van der Waals surface area contributed by atoms with Crippen molar-refractivity contribution in [3.63, 3.8) is 0 Å². The van der Waals surface area contributed by atoms with E-state index in [-0.39, 0.29) is 29.0 Å². The lowest BCUT2D eigenvalue weighted by atomic mass is 9.95. The number of nitrogens with one attached hydrogen (secondary N) is 1. The predicted molar refractivity (Wildman–Crippen MR) is 135 cm³/mol. The molecule has 176 valence electrons. The Bertz CT molecular complexity index is 1510. The van der Waals surface area contributed by atoms with E-state index >= 15 is 0 Å². The molecule has 0 unspecified atom stereocenters. The summed E-state index contributed by atoms with van der Waals surface area (Å²) in [5.41, 5.74) is 8.38. The maximum absolute atomic E-state index is 14.3. The number of nitrogen functional groups attached to an aromatic ring is 1. The highest BCUT2D eigenvalue weighted by atomic mass is 19.1. The number of fused-ring (bicyclic) bond motifs is 1. The van der Waals surface area contributed by atoms with Gasteiger partial charge in [-0.2, -0.15) is 5.10 Å². The van der Waals surface area contributed by atoms with Crippen molar-refractivity contribution in [2.45, 2.75) is 12.3 Å². The smallest absolute Gasteiger partial charge is 0.274 e. The molecule has 1 atom stereocenters. The van der Waals surface area contributed by atoms with Crippen molar-refractivity contribution in [3.05, 3.63) is 83.1 Å². The van der Waals surface area contributed by atoms with Crippen LogP contribution >= 0.6 is 0 Å². The minimum absolute atomic E-state index is 0.0301. The van der Waals surface area contributed by atoms with Gasteiger partial charge in [0.25, 0.3) is 5.56 Å². The molecule has 4 aromatic rings. The number of carbonyl (C=O) groups is 1. The van der Waals surface area contributed by atoms with E-state index in [1.807, 2.05) is 10.8 Å². The molecule has 0 bridgehead atoms. The number of rotatable bonds is 5. The van der Waals surface area contributed by atoms with E-state index in [9.17, 15) is 14.0 Å². The molecular formula is C25H23BFN5O3. The number of likely N-dealkylation sites (tertiary alicyclic amines) is 1. The number of hydrogen-bond acceptors (Lipinski definition) is 5. The summed E-state index contributed by atoms with van der Waals surface area (Å²) in [6, 6.07) is 12.0. The van der Waals surface area contributed by atoms with Crippen LogP contribution in [0.25, 0.3) is 16.6 Å². The Morgan fingerprint density at radius 1 is 1.29 bits per heavy atom. The predicted octanol–water partition coefficient (Wildman–Crippen LogP) is 1.99. The Balaban J connectivity index is 1.53. The first-order chi connectivity index (χ1) is 16.9. The molecule has 1 aliphatic heterocycles. The minimum atomic E-state index is -0.406. The van der Waals surface area contributed by atoms with Crippen LogP contribution in [0.1, 0.15) is 17.9 Å². The number of anilines is 1. The first-order valence-corrected chi connectivity index (χ1v) is 11.2. The van der Waals surface area contributed by atoms with E-state index in [1.165, 1.54) is 6.08 Å². The fourth-order valence-electron chi connectivity index (χ4n) is 4.59. The summed E-state index contributed by atoms with van der Waals surface area (Å²) in [4.78, 5) is 26.6. The van der Waals surface area contributed by atoms with E-state index in [4.69, 9.17) is 10.5 Å². The van der Waals surface area contributed by atoms with Gasteiger partial charge in [0.1, 0.15) is 19.1 Å². The lowest BCUT2D eigenvalue weighted by Crippen LogP contribution is -2.26.